The van der Waals surface area contributed by atoms with Gasteiger partial charge in [0.1, 0.15) is 11.4 Å². The number of nitrogens with zero attached hydrogens (tertiary/aromatic N) is 3. The van der Waals surface area contributed by atoms with Crippen LogP contribution in [0.15, 0.2) is 72.0 Å². The summed E-state index contributed by atoms with van der Waals surface area (Å²) >= 11 is 0. The number of nitrogens with one attached hydrogen (secondary N) is 1. The number of hydrazine groups is 1. The van der Waals surface area contributed by atoms with Crippen LogP contribution in [-0.2, 0) is 0 Å². The second-order valence-electron chi connectivity index (χ2n) is 5.96. The summed E-state index contributed by atoms with van der Waals surface area (Å²) in [6, 6.07) is 15.9. The summed E-state index contributed by atoms with van der Waals surface area (Å²) < 4.78 is 0. The SMILES string of the molecule is Cc1ccc(C(=O)N2NC(c3ccccc3O)=Nc3cnccc32)cc1. The molecule has 0 saturated carbocycles. The number of carbonyl (C=O) groups excluding carboxylic acids is 1. The number of hydrogen-bond donors (Lipinski definition) is 2. The molecule has 1 amide bonds. The third-order valence-corrected chi connectivity index (χ3v) is 4.13. The molecule has 0 saturated heterocycles. The van der Waals surface area contributed by atoms with Crippen molar-refractivity contribution in [1.82, 2.24) is 10.4 Å². The molecule has 1 aliphatic rings. The van der Waals surface area contributed by atoms with Crippen LogP contribution in [-0.4, -0.2) is 21.8 Å². The lowest BCUT2D eigenvalue weighted by molar-refractivity contribution is 0.0980. The number of carbonyl (C=O) groups is 1. The third kappa shape index (κ3) is 2.77. The summed E-state index contributed by atoms with van der Waals surface area (Å²) in [6.45, 7) is 1.97. The number of aliphatic imine (C=N–C) groups is 1. The van der Waals surface area contributed by atoms with E-state index in [1.54, 1.807) is 54.9 Å². The number of amides is 1. The Morgan fingerprint density at radius 1 is 1.08 bits per heavy atom. The number of fused-ring (bicyclic) bond motifs is 1. The van der Waals surface area contributed by atoms with Gasteiger partial charge in [0.05, 0.1) is 17.4 Å². The van der Waals surface area contributed by atoms with Crippen LogP contribution in [0.4, 0.5) is 11.4 Å². The van der Waals surface area contributed by atoms with E-state index in [0.717, 1.165) is 5.56 Å². The zero-order valence-electron chi connectivity index (χ0n) is 14.0. The zero-order valence-corrected chi connectivity index (χ0v) is 14.0. The molecule has 0 fully saturated rings. The molecule has 0 atom stereocenters. The number of rotatable bonds is 2. The minimum atomic E-state index is -0.222. The predicted octanol–water partition coefficient (Wildman–Crippen LogP) is 3.34. The molecule has 0 unspecified atom stereocenters. The molecular weight excluding hydrogens is 328 g/mol. The highest BCUT2D eigenvalue weighted by atomic mass is 16.3. The number of pyridine rings is 1. The van der Waals surface area contributed by atoms with Crippen molar-refractivity contribution >= 4 is 23.1 Å². The van der Waals surface area contributed by atoms with Crippen molar-refractivity contribution in [2.45, 2.75) is 6.92 Å². The van der Waals surface area contributed by atoms with Gasteiger partial charge in [-0.05, 0) is 37.3 Å². The van der Waals surface area contributed by atoms with Gasteiger partial charge in [0.25, 0.3) is 5.91 Å². The fraction of sp³-hybridized carbons (Fsp3) is 0.0500. The van der Waals surface area contributed by atoms with Crippen molar-refractivity contribution < 1.29 is 9.90 Å². The molecular formula is C20H16N4O2. The lowest BCUT2D eigenvalue weighted by Gasteiger charge is -2.30. The summed E-state index contributed by atoms with van der Waals surface area (Å²) in [6.07, 6.45) is 3.20. The standard InChI is InChI=1S/C20H16N4O2/c1-13-6-8-14(9-7-13)20(26)24-17-10-11-21-12-16(17)22-19(23-24)15-4-2-3-5-18(15)25/h2-12,25H,1H3,(H,22,23). The quantitative estimate of drug-likeness (QED) is 0.747. The highest BCUT2D eigenvalue weighted by Gasteiger charge is 2.27. The van der Waals surface area contributed by atoms with Crippen molar-refractivity contribution in [3.8, 4) is 5.75 Å². The number of hydrogen-bond acceptors (Lipinski definition) is 5. The van der Waals surface area contributed by atoms with Crippen molar-refractivity contribution in [3.63, 3.8) is 0 Å². The van der Waals surface area contributed by atoms with E-state index in [1.807, 2.05) is 19.1 Å². The van der Waals surface area contributed by atoms with Crippen LogP contribution in [0.5, 0.6) is 5.75 Å². The molecule has 2 aromatic carbocycles. The van der Waals surface area contributed by atoms with Gasteiger partial charge in [-0.15, -0.1) is 0 Å². The molecule has 3 aromatic rings. The average Bonchev–Trinajstić information content (AvgIpc) is 2.67. The second kappa shape index (κ2) is 6.33. The van der Waals surface area contributed by atoms with Gasteiger partial charge in [-0.25, -0.2) is 10.0 Å². The number of phenols is 1. The van der Waals surface area contributed by atoms with Crippen LogP contribution >= 0.6 is 0 Å². The first-order valence-corrected chi connectivity index (χ1v) is 8.12. The Hall–Kier alpha value is -3.67. The van der Waals surface area contributed by atoms with Gasteiger partial charge < -0.3 is 5.11 Å². The normalized spacial score (nSPS) is 12.8. The Kier molecular flexibility index (Phi) is 3.85. The topological polar surface area (TPSA) is 77.8 Å². The van der Waals surface area contributed by atoms with Gasteiger partial charge in [0.2, 0.25) is 0 Å². The second-order valence-corrected chi connectivity index (χ2v) is 5.96. The molecule has 0 spiro atoms. The number of aromatic nitrogens is 1. The molecule has 26 heavy (non-hydrogen) atoms. The maximum absolute atomic E-state index is 13.1. The van der Waals surface area contributed by atoms with Crippen molar-refractivity contribution in [2.75, 3.05) is 5.01 Å². The highest BCUT2D eigenvalue weighted by molar-refractivity contribution is 6.14. The summed E-state index contributed by atoms with van der Waals surface area (Å²) in [5.41, 5.74) is 6.30. The molecule has 2 N–H and O–H groups in total. The molecule has 1 aromatic heterocycles. The molecule has 2 heterocycles. The van der Waals surface area contributed by atoms with Gasteiger partial charge in [-0.2, -0.15) is 0 Å². The smallest absolute Gasteiger partial charge is 0.277 e. The lowest BCUT2D eigenvalue weighted by Crippen LogP contribution is -2.48. The number of aryl methyl sites for hydroxylation is 1. The van der Waals surface area contributed by atoms with Crippen LogP contribution < -0.4 is 10.4 Å². The van der Waals surface area contributed by atoms with Crippen molar-refractivity contribution in [3.05, 3.63) is 83.7 Å². The number of amidine groups is 1. The Bertz CT molecular complexity index is 1010. The Labute approximate surface area is 150 Å². The predicted molar refractivity (Wildman–Crippen MR) is 99.7 cm³/mol. The maximum Gasteiger partial charge on any atom is 0.277 e. The van der Waals surface area contributed by atoms with Gasteiger partial charge in [-0.3, -0.25) is 15.2 Å². The minimum absolute atomic E-state index is 0.0776. The van der Waals surface area contributed by atoms with Crippen LogP contribution in [0.3, 0.4) is 0 Å². The molecule has 4 rings (SSSR count). The number of phenolic OH excluding ortho intramolecular Hbond substituents is 1. The summed E-state index contributed by atoms with van der Waals surface area (Å²) in [4.78, 5) is 21.7. The Morgan fingerprint density at radius 2 is 1.85 bits per heavy atom. The minimum Gasteiger partial charge on any atom is -0.507 e. The van der Waals surface area contributed by atoms with Gasteiger partial charge in [0.15, 0.2) is 5.84 Å². The van der Waals surface area contributed by atoms with Gasteiger partial charge >= 0.3 is 0 Å². The summed E-state index contributed by atoms with van der Waals surface area (Å²) in [7, 11) is 0. The highest BCUT2D eigenvalue weighted by Crippen LogP contribution is 2.32. The molecule has 0 bridgehead atoms. The van der Waals surface area contributed by atoms with Crippen molar-refractivity contribution in [1.29, 1.82) is 0 Å². The van der Waals surface area contributed by atoms with E-state index in [9.17, 15) is 9.90 Å². The van der Waals surface area contributed by atoms with Crippen LogP contribution in [0.2, 0.25) is 0 Å². The number of para-hydroxylation sites is 1. The fourth-order valence-corrected chi connectivity index (χ4v) is 2.75. The number of aromatic hydroxyl groups is 1. The van der Waals surface area contributed by atoms with E-state index in [-0.39, 0.29) is 11.7 Å². The number of anilines is 1. The van der Waals surface area contributed by atoms with Crippen LogP contribution in [0.25, 0.3) is 0 Å². The van der Waals surface area contributed by atoms with Gasteiger partial charge in [-0.1, -0.05) is 29.8 Å². The first-order chi connectivity index (χ1) is 12.6. The van der Waals surface area contributed by atoms with E-state index in [2.05, 4.69) is 15.4 Å². The van der Waals surface area contributed by atoms with Gasteiger partial charge in [0, 0.05) is 11.8 Å². The van der Waals surface area contributed by atoms with E-state index in [1.165, 1.54) is 5.01 Å². The van der Waals surface area contributed by atoms with Crippen LogP contribution in [0, 0.1) is 6.92 Å². The molecule has 128 valence electrons. The summed E-state index contributed by atoms with van der Waals surface area (Å²) in [5, 5.41) is 11.6. The Balaban J connectivity index is 1.79. The zero-order chi connectivity index (χ0) is 18.1. The van der Waals surface area contributed by atoms with E-state index in [4.69, 9.17) is 0 Å². The largest absolute Gasteiger partial charge is 0.507 e. The Morgan fingerprint density at radius 3 is 2.62 bits per heavy atom. The van der Waals surface area contributed by atoms with Crippen molar-refractivity contribution in [2.24, 2.45) is 4.99 Å². The summed E-state index contributed by atoms with van der Waals surface area (Å²) in [5.74, 6) is 0.234. The third-order valence-electron chi connectivity index (χ3n) is 4.13. The average molecular weight is 344 g/mol. The van der Waals surface area contributed by atoms with Crippen LogP contribution in [0.1, 0.15) is 21.5 Å². The first-order valence-electron chi connectivity index (χ1n) is 8.12. The fourth-order valence-electron chi connectivity index (χ4n) is 2.75. The van der Waals surface area contributed by atoms with E-state index < -0.39 is 0 Å². The van der Waals surface area contributed by atoms with E-state index >= 15 is 0 Å². The molecule has 6 nitrogen and oxygen atoms in total. The molecule has 6 heteroatoms. The lowest BCUT2D eigenvalue weighted by atomic mass is 10.1. The molecule has 0 radical (unpaired) electrons. The molecule has 0 aliphatic carbocycles. The number of benzene rings is 2. The maximum atomic E-state index is 13.1. The monoisotopic (exact) mass is 344 g/mol. The first kappa shape index (κ1) is 15.8. The molecule has 1 aliphatic heterocycles. The van der Waals surface area contributed by atoms with E-state index in [0.29, 0.717) is 28.3 Å².